The smallest absolute Gasteiger partial charge is 0.128 e. The second-order valence-electron chi connectivity index (χ2n) is 5.09. The molecule has 90 valence electrons. The summed E-state index contributed by atoms with van der Waals surface area (Å²) in [6, 6.07) is 1.98. The van der Waals surface area contributed by atoms with Gasteiger partial charge in [0.05, 0.1) is 5.69 Å². The lowest BCUT2D eigenvalue weighted by molar-refractivity contribution is 0.544. The third-order valence-corrected chi connectivity index (χ3v) is 2.21. The zero-order valence-electron chi connectivity index (χ0n) is 10.8. The molecule has 1 rings (SSSR count). The van der Waals surface area contributed by atoms with Crippen LogP contribution in [-0.4, -0.2) is 16.5 Å². The van der Waals surface area contributed by atoms with Crippen LogP contribution in [0.25, 0.3) is 0 Å². The van der Waals surface area contributed by atoms with Crippen LogP contribution in [-0.2, 0) is 13.0 Å². The van der Waals surface area contributed by atoms with Gasteiger partial charge in [-0.05, 0) is 24.4 Å². The van der Waals surface area contributed by atoms with Gasteiger partial charge in [-0.3, -0.25) is 0 Å². The van der Waals surface area contributed by atoms with E-state index in [1.807, 2.05) is 12.3 Å². The van der Waals surface area contributed by atoms with E-state index in [9.17, 15) is 0 Å². The van der Waals surface area contributed by atoms with E-state index < -0.39 is 0 Å². The van der Waals surface area contributed by atoms with Crippen LogP contribution in [0.3, 0.4) is 0 Å². The maximum atomic E-state index is 4.54. The van der Waals surface area contributed by atoms with E-state index in [0.717, 1.165) is 31.0 Å². The first kappa shape index (κ1) is 13.1. The summed E-state index contributed by atoms with van der Waals surface area (Å²) in [4.78, 5) is 8.82. The van der Waals surface area contributed by atoms with Crippen LogP contribution in [0.5, 0.6) is 0 Å². The molecule has 0 aliphatic carbocycles. The van der Waals surface area contributed by atoms with Crippen molar-refractivity contribution in [2.24, 2.45) is 11.8 Å². The van der Waals surface area contributed by atoms with Gasteiger partial charge in [0.25, 0.3) is 0 Å². The molecule has 0 amide bonds. The van der Waals surface area contributed by atoms with Gasteiger partial charge in [-0.15, -0.1) is 0 Å². The number of hydrogen-bond donors (Lipinski definition) is 1. The Morgan fingerprint density at radius 1 is 1.19 bits per heavy atom. The summed E-state index contributed by atoms with van der Waals surface area (Å²) in [7, 11) is 0. The molecule has 16 heavy (non-hydrogen) atoms. The predicted molar refractivity (Wildman–Crippen MR) is 67.1 cm³/mol. The first-order chi connectivity index (χ1) is 7.58. The van der Waals surface area contributed by atoms with E-state index in [1.54, 1.807) is 0 Å². The molecule has 1 aromatic heterocycles. The van der Waals surface area contributed by atoms with E-state index in [4.69, 9.17) is 0 Å². The Hall–Kier alpha value is -0.960. The number of hydrogen-bond acceptors (Lipinski definition) is 3. The summed E-state index contributed by atoms with van der Waals surface area (Å²) in [6.07, 6.45) is 2.81. The molecule has 0 bridgehead atoms. The summed E-state index contributed by atoms with van der Waals surface area (Å²) in [5.41, 5.74) is 1.09. The molecule has 0 aromatic carbocycles. The SMILES string of the molecule is CC(C)CNCc1ccnc(CC(C)C)n1. The molecular formula is C13H23N3. The molecule has 0 saturated heterocycles. The Balaban J connectivity index is 2.47. The second-order valence-corrected chi connectivity index (χ2v) is 5.09. The summed E-state index contributed by atoms with van der Waals surface area (Å²) in [6.45, 7) is 10.7. The van der Waals surface area contributed by atoms with E-state index in [2.05, 4.69) is 43.0 Å². The minimum Gasteiger partial charge on any atom is -0.311 e. The summed E-state index contributed by atoms with van der Waals surface area (Å²) in [5.74, 6) is 2.25. The molecule has 0 saturated carbocycles. The highest BCUT2D eigenvalue weighted by atomic mass is 14.9. The van der Waals surface area contributed by atoms with Crippen molar-refractivity contribution in [3.05, 3.63) is 23.8 Å². The van der Waals surface area contributed by atoms with Gasteiger partial charge in [0.2, 0.25) is 0 Å². The Bertz CT molecular complexity index is 308. The van der Waals surface area contributed by atoms with Gasteiger partial charge >= 0.3 is 0 Å². The Morgan fingerprint density at radius 3 is 2.56 bits per heavy atom. The number of rotatable bonds is 6. The maximum absolute atomic E-state index is 4.54. The number of aromatic nitrogens is 2. The van der Waals surface area contributed by atoms with Crippen molar-refractivity contribution in [3.63, 3.8) is 0 Å². The highest BCUT2D eigenvalue weighted by Crippen LogP contribution is 2.03. The average Bonchev–Trinajstić information content (AvgIpc) is 2.16. The van der Waals surface area contributed by atoms with E-state index in [0.29, 0.717) is 11.8 Å². The zero-order valence-corrected chi connectivity index (χ0v) is 10.8. The fourth-order valence-electron chi connectivity index (χ4n) is 1.49. The Kier molecular flexibility index (Phi) is 5.39. The first-order valence-corrected chi connectivity index (χ1v) is 6.09. The topological polar surface area (TPSA) is 37.8 Å². The lowest BCUT2D eigenvalue weighted by Gasteiger charge is -2.08. The van der Waals surface area contributed by atoms with Gasteiger partial charge < -0.3 is 5.32 Å². The molecule has 0 atom stereocenters. The molecule has 1 N–H and O–H groups in total. The maximum Gasteiger partial charge on any atom is 0.128 e. The third-order valence-electron chi connectivity index (χ3n) is 2.21. The van der Waals surface area contributed by atoms with Gasteiger partial charge in [0, 0.05) is 19.2 Å². The van der Waals surface area contributed by atoms with Crippen LogP contribution in [0.2, 0.25) is 0 Å². The van der Waals surface area contributed by atoms with Gasteiger partial charge in [0.15, 0.2) is 0 Å². The van der Waals surface area contributed by atoms with Gasteiger partial charge in [-0.25, -0.2) is 9.97 Å². The van der Waals surface area contributed by atoms with Crippen molar-refractivity contribution in [1.29, 1.82) is 0 Å². The van der Waals surface area contributed by atoms with Crippen molar-refractivity contribution < 1.29 is 0 Å². The van der Waals surface area contributed by atoms with Gasteiger partial charge in [-0.1, -0.05) is 27.7 Å². The van der Waals surface area contributed by atoms with Crippen LogP contribution >= 0.6 is 0 Å². The predicted octanol–water partition coefficient (Wildman–Crippen LogP) is 2.42. The molecule has 0 fully saturated rings. The standard InChI is InChI=1S/C13H23N3/c1-10(2)7-13-15-6-5-12(16-13)9-14-8-11(3)4/h5-6,10-11,14H,7-9H2,1-4H3. The average molecular weight is 221 g/mol. The van der Waals surface area contributed by atoms with Crippen molar-refractivity contribution >= 4 is 0 Å². The van der Waals surface area contributed by atoms with Gasteiger partial charge in [-0.2, -0.15) is 0 Å². The molecule has 0 aliphatic rings. The van der Waals surface area contributed by atoms with Gasteiger partial charge in [0.1, 0.15) is 5.82 Å². The quantitative estimate of drug-likeness (QED) is 0.801. The molecule has 3 heteroatoms. The normalized spacial score (nSPS) is 11.4. The van der Waals surface area contributed by atoms with E-state index in [1.165, 1.54) is 0 Å². The van der Waals surface area contributed by atoms with Crippen molar-refractivity contribution in [3.8, 4) is 0 Å². The Morgan fingerprint density at radius 2 is 1.94 bits per heavy atom. The third kappa shape index (κ3) is 5.21. The minimum atomic E-state index is 0.610. The minimum absolute atomic E-state index is 0.610. The number of nitrogens with one attached hydrogen (secondary N) is 1. The summed E-state index contributed by atoms with van der Waals surface area (Å²) in [5, 5.41) is 3.39. The van der Waals surface area contributed by atoms with Crippen LogP contribution < -0.4 is 5.32 Å². The zero-order chi connectivity index (χ0) is 12.0. The molecular weight excluding hydrogens is 198 g/mol. The van der Waals surface area contributed by atoms with Crippen LogP contribution in [0.15, 0.2) is 12.3 Å². The molecule has 1 heterocycles. The van der Waals surface area contributed by atoms with Crippen LogP contribution in [0.1, 0.15) is 39.2 Å². The summed E-state index contributed by atoms with van der Waals surface area (Å²) >= 11 is 0. The highest BCUT2D eigenvalue weighted by molar-refractivity contribution is 5.02. The largest absolute Gasteiger partial charge is 0.311 e. The molecule has 1 aromatic rings. The van der Waals surface area contributed by atoms with Crippen LogP contribution in [0.4, 0.5) is 0 Å². The molecule has 0 radical (unpaired) electrons. The Labute approximate surface area is 98.7 Å². The highest BCUT2D eigenvalue weighted by Gasteiger charge is 2.02. The number of nitrogens with zero attached hydrogens (tertiary/aromatic N) is 2. The van der Waals surface area contributed by atoms with Crippen molar-refractivity contribution in [1.82, 2.24) is 15.3 Å². The van der Waals surface area contributed by atoms with E-state index in [-0.39, 0.29) is 0 Å². The molecule has 0 spiro atoms. The summed E-state index contributed by atoms with van der Waals surface area (Å²) < 4.78 is 0. The lowest BCUT2D eigenvalue weighted by Crippen LogP contribution is -2.20. The molecule has 0 unspecified atom stereocenters. The monoisotopic (exact) mass is 221 g/mol. The fourth-order valence-corrected chi connectivity index (χ4v) is 1.49. The van der Waals surface area contributed by atoms with Crippen molar-refractivity contribution in [2.45, 2.75) is 40.7 Å². The molecule has 0 aliphatic heterocycles. The fraction of sp³-hybridized carbons (Fsp3) is 0.692. The lowest BCUT2D eigenvalue weighted by atomic mass is 10.1. The first-order valence-electron chi connectivity index (χ1n) is 6.09. The second kappa shape index (κ2) is 6.59. The van der Waals surface area contributed by atoms with Crippen LogP contribution in [0, 0.1) is 11.8 Å². The van der Waals surface area contributed by atoms with Crippen molar-refractivity contribution in [2.75, 3.05) is 6.54 Å². The molecule has 3 nitrogen and oxygen atoms in total. The van der Waals surface area contributed by atoms with E-state index >= 15 is 0 Å².